The zero-order valence-corrected chi connectivity index (χ0v) is 23.2. The van der Waals surface area contributed by atoms with Gasteiger partial charge in [-0.15, -0.1) is 0 Å². The number of H-pyrrole nitrogens is 2. The van der Waals surface area contributed by atoms with E-state index in [1.165, 1.54) is 43.4 Å². The Kier molecular flexibility index (Phi) is 6.61. The number of benzene rings is 2. The normalized spacial score (nSPS) is 12.5. The molecule has 5 heterocycles. The molecule has 0 radical (unpaired) electrons. The number of aromatic amines is 2. The lowest BCUT2D eigenvalue weighted by atomic mass is 10.0. The molecule has 0 unspecified atom stereocenters. The minimum Gasteiger partial charge on any atom is -0.355 e. The third kappa shape index (κ3) is 4.55. The van der Waals surface area contributed by atoms with Crippen molar-refractivity contribution >= 4 is 40.1 Å². The van der Waals surface area contributed by atoms with Crippen LogP contribution in [0.15, 0.2) is 66.7 Å². The number of nitrogens with zero attached hydrogens (tertiary/aromatic N) is 2. The molecule has 2 aromatic carbocycles. The summed E-state index contributed by atoms with van der Waals surface area (Å²) in [5.41, 5.74) is 3.34. The van der Waals surface area contributed by atoms with Crippen molar-refractivity contribution in [1.29, 1.82) is 0 Å². The minimum absolute atomic E-state index is 0.174. The number of carbonyl (C=O) groups is 1. The van der Waals surface area contributed by atoms with Crippen LogP contribution in [0.5, 0.6) is 0 Å². The van der Waals surface area contributed by atoms with Crippen molar-refractivity contribution in [2.75, 3.05) is 7.05 Å². The molecule has 0 saturated carbocycles. The van der Waals surface area contributed by atoms with Crippen LogP contribution >= 0.6 is 0 Å². The van der Waals surface area contributed by atoms with Crippen LogP contribution in [0.2, 0.25) is 0 Å². The highest BCUT2D eigenvalue weighted by atomic mass is 19.1. The summed E-state index contributed by atoms with van der Waals surface area (Å²) in [5.74, 6) is -3.50. The number of aryl methyl sites for hydroxylation is 2. The van der Waals surface area contributed by atoms with E-state index in [4.69, 9.17) is 4.98 Å². The highest BCUT2D eigenvalue weighted by Crippen LogP contribution is 2.36. The first kappa shape index (κ1) is 27.3. The van der Waals surface area contributed by atoms with E-state index in [1.807, 2.05) is 0 Å². The largest absolute Gasteiger partial charge is 0.355 e. The quantitative estimate of drug-likeness (QED) is 0.186. The Morgan fingerprint density at radius 2 is 1.27 bits per heavy atom. The number of nitrogens with one attached hydrogen (secondary N) is 3. The SMILES string of the molecule is CNC(=O)c1c2nc(c(-c3c(F)cccc3F)c3ccc(cc4nc(c(-c5c(F)cccc5F)c5ccc1[nH]5)C=C4)[nH]3)CC2. The number of amides is 1. The molecule has 0 aliphatic carbocycles. The Morgan fingerprint density at radius 1 is 0.682 bits per heavy atom. The van der Waals surface area contributed by atoms with Crippen LogP contribution in [0, 0.1) is 23.3 Å². The van der Waals surface area contributed by atoms with Crippen LogP contribution in [0.1, 0.15) is 33.1 Å². The molecule has 5 aromatic rings. The second-order valence-corrected chi connectivity index (χ2v) is 10.4. The topological polar surface area (TPSA) is 86.5 Å². The smallest absolute Gasteiger partial charge is 0.254 e. The number of aromatic nitrogens is 4. The van der Waals surface area contributed by atoms with Gasteiger partial charge in [0.25, 0.3) is 5.91 Å². The lowest BCUT2D eigenvalue weighted by Crippen LogP contribution is -2.19. The van der Waals surface area contributed by atoms with Crippen molar-refractivity contribution in [3.05, 3.63) is 118 Å². The molecule has 10 heteroatoms. The number of halogens is 4. The Hall–Kier alpha value is -5.51. The van der Waals surface area contributed by atoms with Gasteiger partial charge in [0, 0.05) is 34.7 Å². The van der Waals surface area contributed by atoms with E-state index in [0.29, 0.717) is 57.7 Å². The molecule has 8 bridgehead atoms. The zero-order chi connectivity index (χ0) is 30.5. The van der Waals surface area contributed by atoms with Crippen LogP contribution in [0.4, 0.5) is 17.6 Å². The lowest BCUT2D eigenvalue weighted by molar-refractivity contribution is 0.0963. The summed E-state index contributed by atoms with van der Waals surface area (Å²) in [6.07, 6.45) is 3.95. The summed E-state index contributed by atoms with van der Waals surface area (Å²) in [7, 11) is 1.48. The molecule has 0 atom stereocenters. The minimum atomic E-state index is -0.772. The highest BCUT2D eigenvalue weighted by molar-refractivity contribution is 6.03. The fraction of sp³-hybridized carbons (Fsp3) is 0.0882. The summed E-state index contributed by atoms with van der Waals surface area (Å²) in [6.45, 7) is 0. The predicted octanol–water partition coefficient (Wildman–Crippen LogP) is 7.52. The maximum absolute atomic E-state index is 15.2. The van der Waals surface area contributed by atoms with E-state index in [-0.39, 0.29) is 27.8 Å². The van der Waals surface area contributed by atoms with Gasteiger partial charge in [-0.1, -0.05) is 12.1 Å². The van der Waals surface area contributed by atoms with Crippen molar-refractivity contribution in [2.24, 2.45) is 0 Å². The first-order valence-corrected chi connectivity index (χ1v) is 13.9. The van der Waals surface area contributed by atoms with E-state index in [2.05, 4.69) is 20.3 Å². The predicted molar refractivity (Wildman–Crippen MR) is 161 cm³/mol. The van der Waals surface area contributed by atoms with Crippen molar-refractivity contribution in [2.45, 2.75) is 12.8 Å². The van der Waals surface area contributed by atoms with E-state index >= 15 is 17.6 Å². The average Bonchev–Trinajstić information content (AvgIpc) is 3.82. The van der Waals surface area contributed by atoms with Crippen molar-refractivity contribution in [3.8, 4) is 22.3 Å². The van der Waals surface area contributed by atoms with E-state index in [0.717, 1.165) is 0 Å². The number of fused-ring (bicyclic) bond motifs is 8. The first-order valence-electron chi connectivity index (χ1n) is 13.9. The fourth-order valence-corrected chi connectivity index (χ4v) is 5.80. The molecule has 6 nitrogen and oxygen atoms in total. The van der Waals surface area contributed by atoms with E-state index in [9.17, 15) is 4.79 Å². The second-order valence-electron chi connectivity index (χ2n) is 10.4. The zero-order valence-electron chi connectivity index (χ0n) is 23.2. The Labute approximate surface area is 248 Å². The van der Waals surface area contributed by atoms with Crippen molar-refractivity contribution in [3.63, 3.8) is 0 Å². The third-order valence-corrected chi connectivity index (χ3v) is 7.75. The molecule has 3 N–H and O–H groups in total. The second kappa shape index (κ2) is 10.6. The fourth-order valence-electron chi connectivity index (χ4n) is 5.80. The van der Waals surface area contributed by atoms with Gasteiger partial charge in [-0.25, -0.2) is 22.5 Å². The monoisotopic (exact) mass is 593 g/mol. The van der Waals surface area contributed by atoms with Gasteiger partial charge in [0.15, 0.2) is 0 Å². The maximum Gasteiger partial charge on any atom is 0.254 e. The average molecular weight is 594 g/mol. The standard InChI is InChI=1S/C34H23F4N5O/c1-39-34(44)33-27-14-12-25(42-27)31(29-19(35)4-2-5-20(29)36)23-10-8-17(40-23)16-18-9-11-24(41-18)32(26-13-15-28(33)43-26)30-21(37)6-3-7-22(30)38/h2-12,14,16,41-42H,13,15H2,1H3,(H,39,44). The van der Waals surface area contributed by atoms with E-state index < -0.39 is 29.2 Å². The number of hydrogen-bond acceptors (Lipinski definition) is 3. The van der Waals surface area contributed by atoms with Gasteiger partial charge >= 0.3 is 0 Å². The Bertz CT molecular complexity index is 2160. The third-order valence-electron chi connectivity index (χ3n) is 7.75. The molecular formula is C34H23F4N5O. The lowest BCUT2D eigenvalue weighted by Gasteiger charge is -2.07. The molecule has 0 fully saturated rings. The summed E-state index contributed by atoms with van der Waals surface area (Å²) in [5, 5.41) is 2.63. The molecule has 3 aromatic heterocycles. The molecule has 2 aliphatic rings. The molecule has 218 valence electrons. The number of carbonyl (C=O) groups excluding carboxylic acids is 1. The molecule has 1 amide bonds. The first-order chi connectivity index (χ1) is 21.3. The number of rotatable bonds is 3. The molecule has 0 spiro atoms. The summed E-state index contributed by atoms with van der Waals surface area (Å²) < 4.78 is 60.8. The van der Waals surface area contributed by atoms with Crippen LogP contribution in [0.25, 0.3) is 56.5 Å². The molecule has 7 rings (SSSR count). The molecule has 44 heavy (non-hydrogen) atoms. The van der Waals surface area contributed by atoms with Crippen LogP contribution in [-0.4, -0.2) is 32.9 Å². The Morgan fingerprint density at radius 3 is 1.95 bits per heavy atom. The van der Waals surface area contributed by atoms with Gasteiger partial charge in [0.05, 0.1) is 45.0 Å². The summed E-state index contributed by atoms with van der Waals surface area (Å²) >= 11 is 0. The van der Waals surface area contributed by atoms with Crippen molar-refractivity contribution in [1.82, 2.24) is 25.3 Å². The van der Waals surface area contributed by atoms with Crippen LogP contribution < -0.4 is 5.32 Å². The van der Waals surface area contributed by atoms with Gasteiger partial charge in [-0.05, 0) is 79.6 Å². The molecule has 0 saturated heterocycles. The van der Waals surface area contributed by atoms with Gasteiger partial charge in [0.1, 0.15) is 23.3 Å². The summed E-state index contributed by atoms with van der Waals surface area (Å²) in [6, 6.07) is 15.7. The summed E-state index contributed by atoms with van der Waals surface area (Å²) in [4.78, 5) is 29.1. The van der Waals surface area contributed by atoms with Gasteiger partial charge < -0.3 is 15.3 Å². The highest BCUT2D eigenvalue weighted by Gasteiger charge is 2.24. The maximum atomic E-state index is 15.2. The van der Waals surface area contributed by atoms with Gasteiger partial charge in [-0.2, -0.15) is 0 Å². The van der Waals surface area contributed by atoms with Crippen LogP contribution in [0.3, 0.4) is 0 Å². The van der Waals surface area contributed by atoms with Gasteiger partial charge in [0.2, 0.25) is 0 Å². The number of hydrogen-bond donors (Lipinski definition) is 3. The Balaban J connectivity index is 1.67. The van der Waals surface area contributed by atoms with Crippen LogP contribution in [-0.2, 0) is 12.8 Å². The van der Waals surface area contributed by atoms with Gasteiger partial charge in [-0.3, -0.25) is 9.78 Å². The molecular weight excluding hydrogens is 570 g/mol. The van der Waals surface area contributed by atoms with E-state index in [1.54, 1.807) is 42.5 Å². The molecule has 2 aliphatic heterocycles. The van der Waals surface area contributed by atoms with Crippen molar-refractivity contribution < 1.29 is 22.4 Å².